The van der Waals surface area contributed by atoms with Crippen molar-refractivity contribution >= 4 is 56.4 Å². The van der Waals surface area contributed by atoms with Crippen molar-refractivity contribution in [2.24, 2.45) is 0 Å². The Morgan fingerprint density at radius 1 is 1.24 bits per heavy atom. The summed E-state index contributed by atoms with van der Waals surface area (Å²) in [5, 5.41) is 3.12. The maximum Gasteiger partial charge on any atom is 0.251 e. The highest BCUT2D eigenvalue weighted by Gasteiger charge is 2.12. The Hall–Kier alpha value is -1.50. The van der Waals surface area contributed by atoms with E-state index in [9.17, 15) is 9.59 Å². The molecule has 8 heteroatoms. The number of pyridine rings is 1. The lowest BCUT2D eigenvalue weighted by molar-refractivity contribution is -0.116. The maximum absolute atomic E-state index is 12.0. The van der Waals surface area contributed by atoms with E-state index >= 15 is 0 Å². The van der Waals surface area contributed by atoms with Crippen molar-refractivity contribution in [3.8, 4) is 0 Å². The van der Waals surface area contributed by atoms with Crippen LogP contribution in [0.4, 0.5) is 11.4 Å². The van der Waals surface area contributed by atoms with E-state index in [2.05, 4.69) is 21.2 Å². The second-order valence-electron chi connectivity index (χ2n) is 4.20. The number of amides is 1. The Morgan fingerprint density at radius 3 is 2.67 bits per heavy atom. The molecule has 1 heterocycles. The Bertz CT molecular complexity index is 762. The summed E-state index contributed by atoms with van der Waals surface area (Å²) in [6.07, 6.45) is 1.40. The van der Waals surface area contributed by atoms with Gasteiger partial charge in [0.15, 0.2) is 0 Å². The lowest BCUT2D eigenvalue weighted by Gasteiger charge is -2.10. The van der Waals surface area contributed by atoms with Crippen molar-refractivity contribution in [3.05, 3.63) is 55.3 Å². The minimum Gasteiger partial charge on any atom is -0.398 e. The van der Waals surface area contributed by atoms with Gasteiger partial charge in [-0.05, 0) is 34.1 Å². The molecule has 0 aliphatic carbocycles. The minimum atomic E-state index is -0.414. The summed E-state index contributed by atoms with van der Waals surface area (Å²) in [5.41, 5.74) is 6.02. The first-order chi connectivity index (χ1) is 9.88. The second kappa shape index (κ2) is 6.51. The molecular formula is C13H10BrCl2N3O2. The van der Waals surface area contributed by atoms with Crippen molar-refractivity contribution in [2.45, 2.75) is 6.54 Å². The highest BCUT2D eigenvalue weighted by Crippen LogP contribution is 2.35. The zero-order valence-corrected chi connectivity index (χ0v) is 13.7. The smallest absolute Gasteiger partial charge is 0.251 e. The van der Waals surface area contributed by atoms with Gasteiger partial charge in [-0.3, -0.25) is 9.59 Å². The van der Waals surface area contributed by atoms with E-state index in [1.165, 1.54) is 22.9 Å². The van der Waals surface area contributed by atoms with E-state index in [0.29, 0.717) is 20.9 Å². The molecule has 0 bridgehead atoms. The van der Waals surface area contributed by atoms with Crippen molar-refractivity contribution in [1.82, 2.24) is 4.57 Å². The molecule has 0 radical (unpaired) electrons. The van der Waals surface area contributed by atoms with Crippen LogP contribution in [0.25, 0.3) is 0 Å². The first kappa shape index (κ1) is 15.9. The van der Waals surface area contributed by atoms with Gasteiger partial charge in [-0.2, -0.15) is 0 Å². The van der Waals surface area contributed by atoms with E-state index in [0.717, 1.165) is 0 Å². The van der Waals surface area contributed by atoms with Crippen LogP contribution < -0.4 is 16.6 Å². The Kier molecular flexibility index (Phi) is 4.92. The molecule has 1 aromatic heterocycles. The number of carbonyl (C=O) groups is 1. The minimum absolute atomic E-state index is 0.173. The largest absolute Gasteiger partial charge is 0.398 e. The molecule has 0 fully saturated rings. The zero-order valence-electron chi connectivity index (χ0n) is 10.6. The van der Waals surface area contributed by atoms with E-state index in [1.54, 1.807) is 12.1 Å². The van der Waals surface area contributed by atoms with Crippen LogP contribution in [0.3, 0.4) is 0 Å². The highest BCUT2D eigenvalue weighted by molar-refractivity contribution is 9.10. The van der Waals surface area contributed by atoms with Crippen LogP contribution >= 0.6 is 39.1 Å². The first-order valence-electron chi connectivity index (χ1n) is 5.78. The summed E-state index contributed by atoms with van der Waals surface area (Å²) >= 11 is 15.2. The molecule has 0 atom stereocenters. The summed E-state index contributed by atoms with van der Waals surface area (Å²) < 4.78 is 1.83. The molecule has 5 nitrogen and oxygen atoms in total. The van der Waals surface area contributed by atoms with Gasteiger partial charge in [-0.15, -0.1) is 0 Å². The van der Waals surface area contributed by atoms with Crippen LogP contribution in [0.5, 0.6) is 0 Å². The van der Waals surface area contributed by atoms with Gasteiger partial charge in [0.25, 0.3) is 5.56 Å². The maximum atomic E-state index is 12.0. The third kappa shape index (κ3) is 3.78. The summed E-state index contributed by atoms with van der Waals surface area (Å²) in [5.74, 6) is -0.414. The summed E-state index contributed by atoms with van der Waals surface area (Å²) in [6.45, 7) is -0.173. The molecule has 0 saturated heterocycles. The topological polar surface area (TPSA) is 77.1 Å². The summed E-state index contributed by atoms with van der Waals surface area (Å²) in [7, 11) is 0. The molecule has 0 aliphatic rings. The van der Waals surface area contributed by atoms with Gasteiger partial charge in [0, 0.05) is 22.4 Å². The van der Waals surface area contributed by atoms with Gasteiger partial charge in [0.2, 0.25) is 5.91 Å². The Labute approximate surface area is 138 Å². The number of nitrogens with zero attached hydrogens (tertiary/aromatic N) is 1. The highest BCUT2D eigenvalue weighted by atomic mass is 79.9. The molecule has 3 N–H and O–H groups in total. The van der Waals surface area contributed by atoms with Gasteiger partial charge < -0.3 is 15.6 Å². The normalized spacial score (nSPS) is 10.4. The van der Waals surface area contributed by atoms with Crippen molar-refractivity contribution in [2.75, 3.05) is 11.1 Å². The van der Waals surface area contributed by atoms with Gasteiger partial charge in [-0.1, -0.05) is 23.2 Å². The number of aromatic nitrogens is 1. The summed E-state index contributed by atoms with van der Waals surface area (Å²) in [6, 6.07) is 6.04. The molecular weight excluding hydrogens is 381 g/mol. The molecule has 2 aromatic rings. The number of rotatable bonds is 3. The van der Waals surface area contributed by atoms with E-state index < -0.39 is 5.91 Å². The van der Waals surface area contributed by atoms with Crippen LogP contribution in [-0.2, 0) is 11.3 Å². The number of nitrogens with two attached hydrogens (primary N) is 1. The number of nitrogen functional groups attached to an aromatic ring is 1. The van der Waals surface area contributed by atoms with Gasteiger partial charge in [-0.25, -0.2) is 0 Å². The van der Waals surface area contributed by atoms with Gasteiger partial charge >= 0.3 is 0 Å². The fourth-order valence-corrected chi connectivity index (χ4v) is 2.46. The number of anilines is 2. The van der Waals surface area contributed by atoms with Crippen LogP contribution in [-0.4, -0.2) is 10.5 Å². The quantitative estimate of drug-likeness (QED) is 0.790. The molecule has 110 valence electrons. The molecule has 0 aliphatic heterocycles. The van der Waals surface area contributed by atoms with Crippen molar-refractivity contribution in [1.29, 1.82) is 0 Å². The van der Waals surface area contributed by atoms with Crippen LogP contribution in [0.2, 0.25) is 10.0 Å². The number of halogens is 3. The van der Waals surface area contributed by atoms with Crippen molar-refractivity contribution in [3.63, 3.8) is 0 Å². The molecule has 1 amide bonds. The standard InChI is InChI=1S/C13H10BrCl2N3O2/c14-8-2-3-9(13(16)12(8)15)18-10(20)6-19-5-7(17)1-4-11(19)21/h1-5H,6,17H2,(H,18,20). The average molecular weight is 391 g/mol. The fourth-order valence-electron chi connectivity index (χ4n) is 1.64. The first-order valence-corrected chi connectivity index (χ1v) is 7.32. The SMILES string of the molecule is Nc1ccc(=O)n(CC(=O)Nc2ccc(Br)c(Cl)c2Cl)c1. The predicted octanol–water partition coefficient (Wildman–Crippen LogP) is 3.14. The Morgan fingerprint density at radius 2 is 1.95 bits per heavy atom. The van der Waals surface area contributed by atoms with E-state index in [1.807, 2.05) is 0 Å². The number of nitrogens with one attached hydrogen (secondary N) is 1. The van der Waals surface area contributed by atoms with Crippen LogP contribution in [0, 0.1) is 0 Å². The molecule has 1 aromatic carbocycles. The molecule has 2 rings (SSSR count). The zero-order chi connectivity index (χ0) is 15.6. The number of hydrogen-bond donors (Lipinski definition) is 2. The lowest BCUT2D eigenvalue weighted by Crippen LogP contribution is -2.27. The van der Waals surface area contributed by atoms with Gasteiger partial charge in [0.05, 0.1) is 15.7 Å². The van der Waals surface area contributed by atoms with Crippen LogP contribution in [0.1, 0.15) is 0 Å². The fraction of sp³-hybridized carbons (Fsp3) is 0.0769. The van der Waals surface area contributed by atoms with Crippen molar-refractivity contribution < 1.29 is 4.79 Å². The number of carbonyl (C=O) groups excluding carboxylic acids is 1. The molecule has 21 heavy (non-hydrogen) atoms. The molecule has 0 spiro atoms. The number of benzene rings is 1. The average Bonchev–Trinajstić information content (AvgIpc) is 2.43. The number of hydrogen-bond acceptors (Lipinski definition) is 3. The van der Waals surface area contributed by atoms with E-state index in [4.69, 9.17) is 28.9 Å². The third-order valence-corrected chi connectivity index (χ3v) is 4.40. The molecule has 0 saturated carbocycles. The third-order valence-electron chi connectivity index (χ3n) is 2.63. The predicted molar refractivity (Wildman–Crippen MR) is 87.9 cm³/mol. The summed E-state index contributed by atoms with van der Waals surface area (Å²) in [4.78, 5) is 23.6. The van der Waals surface area contributed by atoms with E-state index in [-0.39, 0.29) is 17.1 Å². The van der Waals surface area contributed by atoms with Gasteiger partial charge in [0.1, 0.15) is 6.54 Å². The monoisotopic (exact) mass is 389 g/mol. The lowest BCUT2D eigenvalue weighted by atomic mass is 10.3. The molecule has 0 unspecified atom stereocenters. The van der Waals surface area contributed by atoms with Crippen LogP contribution in [0.15, 0.2) is 39.7 Å². The second-order valence-corrected chi connectivity index (χ2v) is 5.81. The Balaban J connectivity index is 2.18.